The first-order chi connectivity index (χ1) is 26.7. The van der Waals surface area contributed by atoms with Crippen molar-refractivity contribution in [2.24, 2.45) is 5.92 Å². The van der Waals surface area contributed by atoms with Gasteiger partial charge in [0.1, 0.15) is 0 Å². The normalized spacial score (nSPS) is 15.7. The number of carbonyl (C=O) groups is 4. The molecule has 5 N–H and O–H groups in total. The summed E-state index contributed by atoms with van der Waals surface area (Å²) in [4.78, 5) is 51.8. The highest BCUT2D eigenvalue weighted by Crippen LogP contribution is 2.29. The SMILES string of the molecule is O=C(O)C1CCCCC1.O=C(O)c1ccc(CCc2ccc(NC(=O)c3cc(N4CCCCC4)ccc3NC(=O)c3cccc(SNC4CC4)c3)cc2)cc1. The van der Waals surface area contributed by atoms with Crippen LogP contribution in [0.25, 0.3) is 0 Å². The van der Waals surface area contributed by atoms with Crippen molar-refractivity contribution in [3.05, 3.63) is 119 Å². The standard InChI is InChI=1S/C37H38N4O4S.C7H12O2/c42-35(28-5-4-6-32(23-28)46-40-30-17-18-30)39-34-20-19-31(41-21-2-1-3-22-41)24-33(34)36(43)38-29-15-11-26(12-16-29)8-7-25-9-13-27(14-10-25)37(44)45;8-7(9)6-4-2-1-3-5-6/h4-6,9-16,19-20,23-24,30,40H,1-3,7-8,17-18,21-22H2,(H,38,43)(H,39,42)(H,44,45);6H,1-5H2,(H,8,9). The summed E-state index contributed by atoms with van der Waals surface area (Å²) in [5.41, 5.74) is 5.47. The quantitative estimate of drug-likeness (QED) is 0.0842. The van der Waals surface area contributed by atoms with Gasteiger partial charge in [0.25, 0.3) is 11.8 Å². The van der Waals surface area contributed by atoms with Gasteiger partial charge in [0.05, 0.1) is 22.7 Å². The number of carboxylic acids is 2. The maximum Gasteiger partial charge on any atom is 0.335 e. The largest absolute Gasteiger partial charge is 0.481 e. The van der Waals surface area contributed by atoms with Crippen LogP contribution in [-0.4, -0.2) is 53.1 Å². The fourth-order valence-electron chi connectivity index (χ4n) is 6.83. The Morgan fingerprint density at radius 3 is 1.93 bits per heavy atom. The van der Waals surface area contributed by atoms with Crippen molar-refractivity contribution in [2.75, 3.05) is 28.6 Å². The first-order valence-electron chi connectivity index (χ1n) is 19.4. The molecule has 0 atom stereocenters. The summed E-state index contributed by atoms with van der Waals surface area (Å²) < 4.78 is 3.41. The predicted molar refractivity (Wildman–Crippen MR) is 218 cm³/mol. The average Bonchev–Trinajstić information content (AvgIpc) is 4.06. The van der Waals surface area contributed by atoms with E-state index in [1.54, 1.807) is 30.1 Å². The average molecular weight is 763 g/mol. The van der Waals surface area contributed by atoms with E-state index in [2.05, 4.69) is 20.3 Å². The van der Waals surface area contributed by atoms with E-state index in [0.717, 1.165) is 86.2 Å². The number of hydrogen-bond acceptors (Lipinski definition) is 7. The smallest absolute Gasteiger partial charge is 0.335 e. The van der Waals surface area contributed by atoms with Crippen molar-refractivity contribution < 1.29 is 29.4 Å². The first kappa shape index (κ1) is 39.6. The molecule has 4 aromatic carbocycles. The van der Waals surface area contributed by atoms with E-state index in [0.29, 0.717) is 28.5 Å². The molecule has 288 valence electrons. The second-order valence-electron chi connectivity index (χ2n) is 14.6. The molecule has 2 aliphatic carbocycles. The van der Waals surface area contributed by atoms with Gasteiger partial charge in [-0.2, -0.15) is 0 Å². The lowest BCUT2D eigenvalue weighted by atomic mass is 9.90. The second kappa shape index (κ2) is 19.5. The molecule has 1 heterocycles. The van der Waals surface area contributed by atoms with Gasteiger partial charge in [-0.05, 0) is 142 Å². The zero-order chi connectivity index (χ0) is 38.6. The van der Waals surface area contributed by atoms with Crippen LogP contribution < -0.4 is 20.3 Å². The Bertz CT molecular complexity index is 1930. The van der Waals surface area contributed by atoms with Gasteiger partial charge in [-0.1, -0.05) is 49.6 Å². The molecule has 11 heteroatoms. The number of aromatic carboxylic acids is 1. The lowest BCUT2D eigenvalue weighted by molar-refractivity contribution is -0.142. The van der Waals surface area contributed by atoms with Gasteiger partial charge in [0.15, 0.2) is 0 Å². The first-order valence-corrected chi connectivity index (χ1v) is 20.2. The Morgan fingerprint density at radius 1 is 0.655 bits per heavy atom. The predicted octanol–water partition coefficient (Wildman–Crippen LogP) is 9.08. The molecule has 7 rings (SSSR count). The molecule has 1 aliphatic heterocycles. The van der Waals surface area contributed by atoms with Gasteiger partial charge >= 0.3 is 11.9 Å². The zero-order valence-corrected chi connectivity index (χ0v) is 31.9. The number of carboxylic acid groups (broad SMARTS) is 2. The van der Waals surface area contributed by atoms with Crippen molar-refractivity contribution in [3.8, 4) is 0 Å². The number of hydrogen-bond donors (Lipinski definition) is 5. The van der Waals surface area contributed by atoms with Crippen molar-refractivity contribution in [2.45, 2.75) is 88.0 Å². The van der Waals surface area contributed by atoms with Crippen LogP contribution >= 0.6 is 11.9 Å². The molecule has 4 aromatic rings. The molecule has 2 saturated carbocycles. The minimum absolute atomic E-state index is 0.0289. The molecule has 2 amide bonds. The van der Waals surface area contributed by atoms with E-state index in [1.807, 2.05) is 72.8 Å². The van der Waals surface area contributed by atoms with Crippen LogP contribution in [0.2, 0.25) is 0 Å². The summed E-state index contributed by atoms with van der Waals surface area (Å²) in [5.74, 6) is -2.12. The Kier molecular flexibility index (Phi) is 14.0. The van der Waals surface area contributed by atoms with E-state index >= 15 is 0 Å². The van der Waals surface area contributed by atoms with Crippen LogP contribution in [0.4, 0.5) is 17.1 Å². The molecule has 0 unspecified atom stereocenters. The van der Waals surface area contributed by atoms with Gasteiger partial charge < -0.3 is 25.7 Å². The monoisotopic (exact) mass is 762 g/mol. The summed E-state index contributed by atoms with van der Waals surface area (Å²) in [6.45, 7) is 1.88. The van der Waals surface area contributed by atoms with E-state index in [1.165, 1.54) is 25.7 Å². The highest BCUT2D eigenvalue weighted by Gasteiger charge is 2.22. The molecule has 0 bridgehead atoms. The number of benzene rings is 4. The third-order valence-corrected chi connectivity index (χ3v) is 11.2. The summed E-state index contributed by atoms with van der Waals surface area (Å²) >= 11 is 1.54. The molecular formula is C44H50N4O6S. The summed E-state index contributed by atoms with van der Waals surface area (Å²) in [7, 11) is 0. The molecule has 1 saturated heterocycles. The molecule has 10 nitrogen and oxygen atoms in total. The number of rotatable bonds is 13. The van der Waals surface area contributed by atoms with E-state index in [-0.39, 0.29) is 23.3 Å². The topological polar surface area (TPSA) is 148 Å². The maximum absolute atomic E-state index is 13.7. The number of carbonyl (C=O) groups excluding carboxylic acids is 2. The number of nitrogens with zero attached hydrogens (tertiary/aromatic N) is 1. The Morgan fingerprint density at radius 2 is 1.31 bits per heavy atom. The number of nitrogens with one attached hydrogen (secondary N) is 3. The third kappa shape index (κ3) is 11.9. The number of anilines is 3. The summed E-state index contributed by atoms with van der Waals surface area (Å²) in [6.07, 6.45) is 12.6. The number of aryl methyl sites for hydroxylation is 2. The maximum atomic E-state index is 13.7. The van der Waals surface area contributed by atoms with Crippen molar-refractivity contribution in [1.82, 2.24) is 4.72 Å². The number of piperidine rings is 1. The van der Waals surface area contributed by atoms with E-state index in [4.69, 9.17) is 10.2 Å². The molecule has 0 aromatic heterocycles. The summed E-state index contributed by atoms with van der Waals surface area (Å²) in [5, 5.41) is 23.7. The van der Waals surface area contributed by atoms with Crippen molar-refractivity contribution in [1.29, 1.82) is 0 Å². The van der Waals surface area contributed by atoms with Crippen molar-refractivity contribution >= 4 is 52.8 Å². The van der Waals surface area contributed by atoms with Gasteiger partial charge in [-0.3, -0.25) is 19.1 Å². The fraction of sp³-hybridized carbons (Fsp3) is 0.364. The molecule has 3 fully saturated rings. The molecule has 3 aliphatic rings. The van der Waals surface area contributed by atoms with Gasteiger partial charge in [-0.25, -0.2) is 4.79 Å². The van der Waals surface area contributed by atoms with Crippen molar-refractivity contribution in [3.63, 3.8) is 0 Å². The Hall–Kier alpha value is -5.13. The lowest BCUT2D eigenvalue weighted by Gasteiger charge is -2.29. The molecule has 0 spiro atoms. The van der Waals surface area contributed by atoms with Crippen LogP contribution in [0.15, 0.2) is 95.9 Å². The minimum Gasteiger partial charge on any atom is -0.481 e. The van der Waals surface area contributed by atoms with Gasteiger partial charge in [-0.15, -0.1) is 0 Å². The highest BCUT2D eigenvalue weighted by molar-refractivity contribution is 7.97. The van der Waals surface area contributed by atoms with Crippen LogP contribution in [0, 0.1) is 5.92 Å². The zero-order valence-electron chi connectivity index (χ0n) is 31.1. The highest BCUT2D eigenvalue weighted by atomic mass is 32.2. The van der Waals surface area contributed by atoms with Crippen LogP contribution in [0.1, 0.15) is 106 Å². The van der Waals surface area contributed by atoms with Crippen LogP contribution in [0.5, 0.6) is 0 Å². The van der Waals surface area contributed by atoms with Crippen LogP contribution in [0.3, 0.4) is 0 Å². The van der Waals surface area contributed by atoms with E-state index in [9.17, 15) is 19.2 Å². The third-order valence-electron chi connectivity index (χ3n) is 10.3. The van der Waals surface area contributed by atoms with Gasteiger partial charge in [0.2, 0.25) is 0 Å². The summed E-state index contributed by atoms with van der Waals surface area (Å²) in [6, 6.07) is 28.4. The second-order valence-corrected chi connectivity index (χ2v) is 15.5. The minimum atomic E-state index is -0.932. The van der Waals surface area contributed by atoms with Gasteiger partial charge in [0, 0.05) is 41.0 Å². The Labute approximate surface area is 327 Å². The fourth-order valence-corrected chi connectivity index (χ4v) is 7.70. The lowest BCUT2D eigenvalue weighted by Crippen LogP contribution is -2.29. The number of aliphatic carboxylic acids is 1. The molecular weight excluding hydrogens is 713 g/mol. The number of amides is 2. The van der Waals surface area contributed by atoms with Crippen LogP contribution in [-0.2, 0) is 17.6 Å². The van der Waals surface area contributed by atoms with E-state index < -0.39 is 11.9 Å². The Balaban J connectivity index is 0.000000502. The molecule has 0 radical (unpaired) electrons. The molecule has 55 heavy (non-hydrogen) atoms.